The van der Waals surface area contributed by atoms with Gasteiger partial charge in [0.25, 0.3) is 11.5 Å². The fraction of sp³-hybridized carbons (Fsp3) is 0.472. The zero-order valence-corrected chi connectivity index (χ0v) is 28.3. The molecule has 0 bridgehead atoms. The number of pyridine rings is 1. The van der Waals surface area contributed by atoms with E-state index in [1.807, 2.05) is 0 Å². The number of carboxylic acids is 1. The van der Waals surface area contributed by atoms with Gasteiger partial charge in [-0.15, -0.1) is 0 Å². The molecule has 0 saturated heterocycles. The number of hydrogen-bond donors (Lipinski definition) is 2. The topological polar surface area (TPSA) is 91.6 Å². The third-order valence-corrected chi connectivity index (χ3v) is 8.81. The van der Waals surface area contributed by atoms with Crippen LogP contribution in [0.2, 0.25) is 0 Å². The van der Waals surface area contributed by atoms with Gasteiger partial charge in [-0.05, 0) is 110 Å². The van der Waals surface area contributed by atoms with Gasteiger partial charge < -0.3 is 19.9 Å². The second-order valence-corrected chi connectivity index (χ2v) is 13.5. The predicted octanol–water partition coefficient (Wildman–Crippen LogP) is 7.35. The Morgan fingerprint density at radius 3 is 2.24 bits per heavy atom. The van der Waals surface area contributed by atoms with Crippen molar-refractivity contribution in [1.29, 1.82) is 0 Å². The number of nitrogens with one attached hydrogen (secondary N) is 1. The molecule has 2 atom stereocenters. The van der Waals surface area contributed by atoms with Crippen molar-refractivity contribution in [2.45, 2.75) is 84.0 Å². The lowest BCUT2D eigenvalue weighted by molar-refractivity contribution is -0.139. The third kappa shape index (κ3) is 8.55. The molecule has 1 aliphatic carbocycles. The zero-order chi connectivity index (χ0) is 36.6. The number of aromatic nitrogens is 1. The smallest absolute Gasteiger partial charge is 0.416 e. The Balaban J connectivity index is 1.85. The van der Waals surface area contributed by atoms with Gasteiger partial charge in [0, 0.05) is 30.8 Å². The summed E-state index contributed by atoms with van der Waals surface area (Å²) >= 11 is 0. The highest BCUT2D eigenvalue weighted by molar-refractivity contribution is 5.82. The van der Waals surface area contributed by atoms with Crippen LogP contribution in [0.25, 0.3) is 11.1 Å². The average Bonchev–Trinajstić information content (AvgIpc) is 3.27. The van der Waals surface area contributed by atoms with Crippen molar-refractivity contribution in [3.05, 3.63) is 91.6 Å². The first-order valence-electron chi connectivity index (χ1n) is 16.0. The number of carbonyl (C=O) groups is 2. The Bertz CT molecular complexity index is 1780. The maximum atomic E-state index is 15.3. The molecular formula is C36H41F6N3O4. The Morgan fingerprint density at radius 1 is 1.06 bits per heavy atom. The van der Waals surface area contributed by atoms with E-state index in [-0.39, 0.29) is 59.5 Å². The van der Waals surface area contributed by atoms with Gasteiger partial charge in [0.2, 0.25) is 5.91 Å². The summed E-state index contributed by atoms with van der Waals surface area (Å²) in [5.74, 6) is -6.11. The summed E-state index contributed by atoms with van der Waals surface area (Å²) in [5, 5.41) is 12.5. The fourth-order valence-electron chi connectivity index (χ4n) is 6.64. The molecule has 2 N–H and O–H groups in total. The molecule has 1 heterocycles. The van der Waals surface area contributed by atoms with Crippen LogP contribution >= 0.6 is 0 Å². The number of hydrogen-bond acceptors (Lipinski definition) is 4. The predicted molar refractivity (Wildman–Crippen MR) is 173 cm³/mol. The molecule has 13 heteroatoms. The molecule has 0 unspecified atom stereocenters. The van der Waals surface area contributed by atoms with Gasteiger partial charge in [-0.1, -0.05) is 19.9 Å². The van der Waals surface area contributed by atoms with E-state index in [2.05, 4.69) is 5.32 Å². The summed E-state index contributed by atoms with van der Waals surface area (Å²) in [7, 11) is 3.37. The maximum Gasteiger partial charge on any atom is 0.416 e. The molecule has 0 fully saturated rings. The van der Waals surface area contributed by atoms with E-state index in [9.17, 15) is 37.1 Å². The number of aliphatic carboxylic acids is 1. The Hall–Kier alpha value is -4.13. The molecule has 3 aromatic rings. The average molecular weight is 694 g/mol. The minimum atomic E-state index is -4.81. The fourth-order valence-corrected chi connectivity index (χ4v) is 6.64. The lowest BCUT2D eigenvalue weighted by atomic mass is 9.86. The summed E-state index contributed by atoms with van der Waals surface area (Å²) < 4.78 is 87.6. The first kappa shape index (κ1) is 37.7. The first-order chi connectivity index (χ1) is 22.7. The Kier molecular flexibility index (Phi) is 11.1. The molecule has 7 nitrogen and oxygen atoms in total. The van der Waals surface area contributed by atoms with Gasteiger partial charge in [-0.2, -0.15) is 13.2 Å². The van der Waals surface area contributed by atoms with E-state index >= 15 is 8.78 Å². The van der Waals surface area contributed by atoms with Crippen LogP contribution < -0.4 is 10.9 Å². The Labute approximate surface area is 280 Å². The van der Waals surface area contributed by atoms with Crippen LogP contribution in [0.4, 0.5) is 26.3 Å². The monoisotopic (exact) mass is 693 g/mol. The van der Waals surface area contributed by atoms with Crippen molar-refractivity contribution in [2.24, 2.45) is 5.92 Å². The molecule has 1 aromatic heterocycles. The van der Waals surface area contributed by atoms with Gasteiger partial charge in [0.1, 0.15) is 11.9 Å². The highest BCUT2D eigenvalue weighted by atomic mass is 19.4. The summed E-state index contributed by atoms with van der Waals surface area (Å²) in [4.78, 5) is 41.0. The molecule has 0 saturated carbocycles. The van der Waals surface area contributed by atoms with Crippen molar-refractivity contribution in [3.8, 4) is 11.1 Å². The standard InChI is InChI=1S/C36H41F6N3O4/c1-19(2)11-29(45-18-23(8-10-44(5)6)27(16-30(45)46)36(40,41)42)34(49)43-28(17-31(47)48)24-14-22-7-9-35(38,39)33(22)26(15-24)32-20(3)12-25(37)13-21(32)4/h12-16,18-19,28-29H,7-11,17H2,1-6H3,(H,43,49)(H,47,48)/t28-,29+/m1/s1. The van der Waals surface area contributed by atoms with Crippen LogP contribution in [-0.2, 0) is 34.5 Å². The van der Waals surface area contributed by atoms with E-state index in [4.69, 9.17) is 0 Å². The minimum Gasteiger partial charge on any atom is -0.481 e. The number of likely N-dealkylation sites (N-methyl/N-ethyl adjacent to an activating group) is 1. The van der Waals surface area contributed by atoms with E-state index in [1.165, 1.54) is 24.3 Å². The number of carboxylic acid groups (broad SMARTS) is 1. The number of benzene rings is 2. The van der Waals surface area contributed by atoms with Crippen LogP contribution in [0.5, 0.6) is 0 Å². The lowest BCUT2D eigenvalue weighted by Crippen LogP contribution is -2.40. The second kappa shape index (κ2) is 14.4. The van der Waals surface area contributed by atoms with Gasteiger partial charge >= 0.3 is 12.1 Å². The molecule has 0 spiro atoms. The molecule has 0 aliphatic heterocycles. The number of rotatable bonds is 12. The normalized spacial score (nSPS) is 15.4. The number of alkyl halides is 5. The van der Waals surface area contributed by atoms with Gasteiger partial charge in [-0.25, -0.2) is 13.2 Å². The second-order valence-electron chi connectivity index (χ2n) is 13.5. The molecule has 266 valence electrons. The number of nitrogens with zero attached hydrogens (tertiary/aromatic N) is 2. The van der Waals surface area contributed by atoms with Gasteiger partial charge in [0.05, 0.1) is 18.0 Å². The van der Waals surface area contributed by atoms with Crippen molar-refractivity contribution in [1.82, 2.24) is 14.8 Å². The molecule has 0 radical (unpaired) electrons. The van der Waals surface area contributed by atoms with Crippen molar-refractivity contribution < 1.29 is 41.0 Å². The number of fused-ring (bicyclic) bond motifs is 1. The zero-order valence-electron chi connectivity index (χ0n) is 28.3. The summed E-state index contributed by atoms with van der Waals surface area (Å²) in [6.07, 6.45) is -4.98. The molecule has 2 aromatic carbocycles. The molecule has 1 amide bonds. The molecular weight excluding hydrogens is 652 g/mol. The SMILES string of the molecule is Cc1cc(F)cc(C)c1-c1cc([C@@H](CC(=O)O)NC(=O)[C@H](CC(C)C)n2cc(CCN(C)C)c(C(F)(F)F)cc2=O)cc2c1C(F)(F)CC2. The maximum absolute atomic E-state index is 15.3. The van der Waals surface area contributed by atoms with E-state index in [0.29, 0.717) is 22.8 Å². The van der Waals surface area contributed by atoms with E-state index in [0.717, 1.165) is 10.8 Å². The van der Waals surface area contributed by atoms with Crippen LogP contribution in [0.15, 0.2) is 41.3 Å². The number of carbonyl (C=O) groups excluding carboxylic acids is 1. The summed E-state index contributed by atoms with van der Waals surface area (Å²) in [6.45, 7) is 6.92. The van der Waals surface area contributed by atoms with Crippen molar-refractivity contribution in [3.63, 3.8) is 0 Å². The quantitative estimate of drug-likeness (QED) is 0.194. The highest BCUT2D eigenvalue weighted by Crippen LogP contribution is 2.49. The highest BCUT2D eigenvalue weighted by Gasteiger charge is 2.43. The van der Waals surface area contributed by atoms with Crippen LogP contribution in [0.3, 0.4) is 0 Å². The van der Waals surface area contributed by atoms with Gasteiger partial charge in [0.15, 0.2) is 0 Å². The first-order valence-corrected chi connectivity index (χ1v) is 16.0. The lowest BCUT2D eigenvalue weighted by Gasteiger charge is -2.27. The third-order valence-electron chi connectivity index (χ3n) is 8.81. The minimum absolute atomic E-state index is 0.0250. The van der Waals surface area contributed by atoms with Crippen LogP contribution in [-0.4, -0.2) is 47.1 Å². The number of amides is 1. The van der Waals surface area contributed by atoms with Gasteiger partial charge in [-0.3, -0.25) is 14.4 Å². The molecule has 4 rings (SSSR count). The summed E-state index contributed by atoms with van der Waals surface area (Å²) in [6, 6.07) is 3.15. The number of halogens is 6. The number of aryl methyl sites for hydroxylation is 3. The van der Waals surface area contributed by atoms with E-state index in [1.54, 1.807) is 46.7 Å². The summed E-state index contributed by atoms with van der Waals surface area (Å²) in [5.41, 5.74) is -0.874. The van der Waals surface area contributed by atoms with Crippen molar-refractivity contribution in [2.75, 3.05) is 20.6 Å². The Morgan fingerprint density at radius 2 is 1.69 bits per heavy atom. The largest absolute Gasteiger partial charge is 0.481 e. The van der Waals surface area contributed by atoms with E-state index < -0.39 is 65.8 Å². The van der Waals surface area contributed by atoms with Crippen molar-refractivity contribution >= 4 is 11.9 Å². The molecule has 1 aliphatic rings. The van der Waals surface area contributed by atoms with Crippen LogP contribution in [0, 0.1) is 25.6 Å². The molecule has 49 heavy (non-hydrogen) atoms. The van der Waals surface area contributed by atoms with Crippen LogP contribution in [0.1, 0.15) is 84.1 Å².